The first-order valence-corrected chi connectivity index (χ1v) is 12.8. The van der Waals surface area contributed by atoms with E-state index in [2.05, 4.69) is 6.92 Å². The zero-order valence-electron chi connectivity index (χ0n) is 21.1. The van der Waals surface area contributed by atoms with Crippen LogP contribution in [0.3, 0.4) is 0 Å². The lowest BCUT2D eigenvalue weighted by atomic mass is 9.94. The van der Waals surface area contributed by atoms with Crippen molar-refractivity contribution in [2.24, 2.45) is 5.92 Å². The van der Waals surface area contributed by atoms with E-state index >= 15 is 0 Å². The minimum atomic E-state index is -0.735. The molecule has 1 saturated heterocycles. The molecule has 34 heavy (non-hydrogen) atoms. The van der Waals surface area contributed by atoms with Crippen molar-refractivity contribution in [3.05, 3.63) is 29.8 Å². The van der Waals surface area contributed by atoms with Gasteiger partial charge in [0, 0.05) is 26.3 Å². The Morgan fingerprint density at radius 3 is 2.56 bits per heavy atom. The van der Waals surface area contributed by atoms with Gasteiger partial charge in [0.2, 0.25) is 5.91 Å². The Bertz CT molecular complexity index is 737. The normalized spacial score (nSPS) is 23.9. The molecule has 7 heteroatoms. The summed E-state index contributed by atoms with van der Waals surface area (Å²) in [5.41, 5.74) is 0.887. The molecule has 1 fully saturated rings. The summed E-state index contributed by atoms with van der Waals surface area (Å²) in [7, 11) is 1.68. The average molecular weight is 478 g/mol. The first kappa shape index (κ1) is 28.1. The summed E-state index contributed by atoms with van der Waals surface area (Å²) in [5.74, 6) is 0.649. The number of aliphatic hydroxyl groups excluding tert-OH is 2. The largest absolute Gasteiger partial charge is 0.491 e. The molecule has 7 nitrogen and oxygen atoms in total. The maximum absolute atomic E-state index is 13.4. The Balaban J connectivity index is 2.21. The lowest BCUT2D eigenvalue weighted by Crippen LogP contribution is -2.46. The lowest BCUT2D eigenvalue weighted by Gasteiger charge is -2.29. The van der Waals surface area contributed by atoms with Crippen LogP contribution in [0, 0.1) is 5.92 Å². The number of esters is 1. The summed E-state index contributed by atoms with van der Waals surface area (Å²) in [6.45, 7) is 4.38. The summed E-state index contributed by atoms with van der Waals surface area (Å²) in [6, 6.07) is 6.58. The van der Waals surface area contributed by atoms with Crippen LogP contribution in [-0.4, -0.2) is 65.5 Å². The number of likely N-dealkylation sites (N-methyl/N-ethyl adjacent to an activating group) is 1. The Morgan fingerprint density at radius 1 is 1.15 bits per heavy atom. The SMILES string of the molecule is CCCC(O)CC1CC[C@H](C)CCCCC(=O)N(C)C(Cc2ccc(OCCO)cc2)C(=O)O1. The number of benzene rings is 1. The van der Waals surface area contributed by atoms with Crippen molar-refractivity contribution in [1.29, 1.82) is 0 Å². The number of hydrogen-bond donors (Lipinski definition) is 2. The molecule has 3 unspecified atom stereocenters. The quantitative estimate of drug-likeness (QED) is 0.524. The highest BCUT2D eigenvalue weighted by molar-refractivity contribution is 5.84. The highest BCUT2D eigenvalue weighted by atomic mass is 16.5. The summed E-state index contributed by atoms with van der Waals surface area (Å²) in [5, 5.41) is 19.3. The van der Waals surface area contributed by atoms with E-state index < -0.39 is 18.1 Å². The van der Waals surface area contributed by atoms with Gasteiger partial charge in [0.05, 0.1) is 12.7 Å². The first-order valence-electron chi connectivity index (χ1n) is 12.8. The van der Waals surface area contributed by atoms with Crippen LogP contribution < -0.4 is 4.74 Å². The first-order chi connectivity index (χ1) is 16.3. The molecule has 0 aliphatic carbocycles. The van der Waals surface area contributed by atoms with Gasteiger partial charge in [-0.3, -0.25) is 4.79 Å². The summed E-state index contributed by atoms with van der Waals surface area (Å²) in [6.07, 6.45) is 6.35. The Kier molecular flexibility index (Phi) is 12.4. The molecule has 1 aliphatic heterocycles. The molecule has 1 heterocycles. The van der Waals surface area contributed by atoms with Crippen molar-refractivity contribution in [2.45, 2.75) is 96.3 Å². The number of carbonyl (C=O) groups is 2. The molecule has 1 aromatic carbocycles. The molecular weight excluding hydrogens is 434 g/mol. The number of carbonyl (C=O) groups excluding carboxylic acids is 2. The molecule has 1 aromatic rings. The van der Waals surface area contributed by atoms with Crippen molar-refractivity contribution in [3.63, 3.8) is 0 Å². The molecular formula is C27H43NO6. The van der Waals surface area contributed by atoms with Crippen LogP contribution >= 0.6 is 0 Å². The molecule has 2 N–H and O–H groups in total. The summed E-state index contributed by atoms with van der Waals surface area (Å²) >= 11 is 0. The van der Waals surface area contributed by atoms with E-state index in [-0.39, 0.29) is 25.2 Å². The van der Waals surface area contributed by atoms with Gasteiger partial charge < -0.3 is 24.6 Å². The maximum Gasteiger partial charge on any atom is 0.329 e. The van der Waals surface area contributed by atoms with Crippen LogP contribution in [0.25, 0.3) is 0 Å². The fourth-order valence-corrected chi connectivity index (χ4v) is 4.44. The topological polar surface area (TPSA) is 96.3 Å². The minimum Gasteiger partial charge on any atom is -0.491 e. The van der Waals surface area contributed by atoms with E-state index in [1.165, 1.54) is 4.90 Å². The lowest BCUT2D eigenvalue weighted by molar-refractivity contribution is -0.160. The molecule has 0 bridgehead atoms. The standard InChI is InChI=1S/C27H43NO6/c1-4-7-22(30)19-24-13-10-20(2)8-5-6-9-26(31)28(3)25(27(32)34-24)18-21-11-14-23(15-12-21)33-17-16-29/h11-12,14-15,20,22,24-25,29-30H,4-10,13,16-19H2,1-3H3/t20-,22?,24?,25?/m1/s1. The van der Waals surface area contributed by atoms with Gasteiger partial charge in [0.1, 0.15) is 24.5 Å². The predicted octanol–water partition coefficient (Wildman–Crippen LogP) is 3.88. The molecule has 1 aliphatic rings. The van der Waals surface area contributed by atoms with Gasteiger partial charge >= 0.3 is 5.97 Å². The van der Waals surface area contributed by atoms with E-state index in [0.29, 0.717) is 37.4 Å². The second-order valence-electron chi connectivity index (χ2n) is 9.61. The maximum atomic E-state index is 13.4. The molecule has 192 valence electrons. The monoisotopic (exact) mass is 477 g/mol. The summed E-state index contributed by atoms with van der Waals surface area (Å²) < 4.78 is 11.4. The van der Waals surface area contributed by atoms with Gasteiger partial charge in [-0.05, 0) is 49.3 Å². The van der Waals surface area contributed by atoms with E-state index in [0.717, 1.165) is 44.1 Å². The second kappa shape index (κ2) is 15.0. The third-order valence-electron chi connectivity index (χ3n) is 6.60. The molecule has 1 amide bonds. The van der Waals surface area contributed by atoms with Crippen molar-refractivity contribution < 1.29 is 29.3 Å². The van der Waals surface area contributed by atoms with Gasteiger partial charge in [-0.25, -0.2) is 4.79 Å². The molecule has 0 spiro atoms. The van der Waals surface area contributed by atoms with E-state index in [4.69, 9.17) is 14.6 Å². The third-order valence-corrected chi connectivity index (χ3v) is 6.60. The van der Waals surface area contributed by atoms with Gasteiger partial charge in [0.25, 0.3) is 0 Å². The van der Waals surface area contributed by atoms with Crippen LogP contribution in [0.15, 0.2) is 24.3 Å². The van der Waals surface area contributed by atoms with Crippen LogP contribution in [0.1, 0.15) is 77.2 Å². The molecule has 4 atom stereocenters. The highest BCUT2D eigenvalue weighted by Gasteiger charge is 2.31. The number of cyclic esters (lactones) is 1. The Labute approximate surface area is 204 Å². The van der Waals surface area contributed by atoms with Gasteiger partial charge in [-0.1, -0.05) is 45.2 Å². The number of ether oxygens (including phenoxy) is 2. The zero-order valence-corrected chi connectivity index (χ0v) is 21.1. The Morgan fingerprint density at radius 2 is 1.88 bits per heavy atom. The number of rotatable bonds is 9. The number of amides is 1. The van der Waals surface area contributed by atoms with Crippen molar-refractivity contribution >= 4 is 11.9 Å². The second-order valence-corrected chi connectivity index (χ2v) is 9.61. The highest BCUT2D eigenvalue weighted by Crippen LogP contribution is 2.23. The van der Waals surface area contributed by atoms with Gasteiger partial charge in [-0.15, -0.1) is 0 Å². The predicted molar refractivity (Wildman–Crippen MR) is 132 cm³/mol. The van der Waals surface area contributed by atoms with Crippen LogP contribution in [0.5, 0.6) is 5.75 Å². The molecule has 0 aromatic heterocycles. The van der Waals surface area contributed by atoms with Crippen LogP contribution in [-0.2, 0) is 20.7 Å². The molecule has 2 rings (SSSR count). The molecule has 0 radical (unpaired) electrons. The smallest absolute Gasteiger partial charge is 0.329 e. The van der Waals surface area contributed by atoms with E-state index in [1.807, 2.05) is 19.1 Å². The van der Waals surface area contributed by atoms with Gasteiger partial charge in [-0.2, -0.15) is 0 Å². The van der Waals surface area contributed by atoms with Crippen LogP contribution in [0.2, 0.25) is 0 Å². The van der Waals surface area contributed by atoms with E-state index in [9.17, 15) is 14.7 Å². The third kappa shape index (κ3) is 9.63. The van der Waals surface area contributed by atoms with E-state index in [1.54, 1.807) is 19.2 Å². The van der Waals surface area contributed by atoms with Gasteiger partial charge in [0.15, 0.2) is 0 Å². The number of hydrogen-bond acceptors (Lipinski definition) is 6. The Hall–Kier alpha value is -2.12. The van der Waals surface area contributed by atoms with Crippen LogP contribution in [0.4, 0.5) is 0 Å². The van der Waals surface area contributed by atoms with Crippen molar-refractivity contribution in [1.82, 2.24) is 4.90 Å². The minimum absolute atomic E-state index is 0.0562. The fraction of sp³-hybridized carbons (Fsp3) is 0.704. The average Bonchev–Trinajstić information content (AvgIpc) is 2.82. The molecule has 0 saturated carbocycles. The number of nitrogens with zero attached hydrogens (tertiary/aromatic N) is 1. The number of aliphatic hydroxyl groups is 2. The van der Waals surface area contributed by atoms with Crippen molar-refractivity contribution in [2.75, 3.05) is 20.3 Å². The zero-order chi connectivity index (χ0) is 24.9. The van der Waals surface area contributed by atoms with Crippen molar-refractivity contribution in [3.8, 4) is 5.75 Å². The summed E-state index contributed by atoms with van der Waals surface area (Å²) in [4.78, 5) is 27.8. The fourth-order valence-electron chi connectivity index (χ4n) is 4.44.